The molecule has 9 heteroatoms. The first-order valence-electron chi connectivity index (χ1n) is 8.84. The predicted octanol–water partition coefficient (Wildman–Crippen LogP) is 3.30. The highest BCUT2D eigenvalue weighted by atomic mass is 35.5. The molecule has 144 valence electrons. The number of aromatic nitrogens is 3. The molecule has 0 aliphatic carbocycles. The molecule has 4 rings (SSSR count). The Morgan fingerprint density at radius 2 is 1.86 bits per heavy atom. The van der Waals surface area contributed by atoms with Gasteiger partial charge in [0.15, 0.2) is 11.5 Å². The Morgan fingerprint density at radius 3 is 2.61 bits per heavy atom. The summed E-state index contributed by atoms with van der Waals surface area (Å²) in [4.78, 5) is 16.8. The molecule has 0 spiro atoms. The van der Waals surface area contributed by atoms with Crippen molar-refractivity contribution in [2.75, 3.05) is 36.4 Å². The van der Waals surface area contributed by atoms with Gasteiger partial charge in [0, 0.05) is 36.9 Å². The number of amides is 1. The van der Waals surface area contributed by atoms with E-state index in [0.717, 1.165) is 5.69 Å². The summed E-state index contributed by atoms with van der Waals surface area (Å²) in [5, 5.41) is 13.9. The summed E-state index contributed by atoms with van der Waals surface area (Å²) in [6.07, 6.45) is 0. The number of rotatable bonds is 4. The second-order valence-electron chi connectivity index (χ2n) is 6.38. The molecule has 0 radical (unpaired) electrons. The van der Waals surface area contributed by atoms with Crippen LogP contribution in [0.15, 0.2) is 48.5 Å². The van der Waals surface area contributed by atoms with Crippen LogP contribution in [-0.4, -0.2) is 52.4 Å². The number of hydrogen-bond acceptors (Lipinski definition) is 5. The first kappa shape index (κ1) is 18.2. The Morgan fingerprint density at radius 1 is 1.07 bits per heavy atom. The maximum absolute atomic E-state index is 13.9. The lowest BCUT2D eigenvalue weighted by Crippen LogP contribution is -2.49. The van der Waals surface area contributed by atoms with Crippen LogP contribution in [0.5, 0.6) is 0 Å². The number of carbonyl (C=O) groups excluding carboxylic acids is 1. The monoisotopic (exact) mass is 400 g/mol. The summed E-state index contributed by atoms with van der Waals surface area (Å²) in [5.74, 6) is -0.482. The van der Waals surface area contributed by atoms with Gasteiger partial charge in [-0.2, -0.15) is 5.21 Å². The predicted molar refractivity (Wildman–Crippen MR) is 106 cm³/mol. The first-order valence-corrected chi connectivity index (χ1v) is 9.22. The van der Waals surface area contributed by atoms with Crippen LogP contribution < -0.4 is 10.2 Å². The Labute approximate surface area is 166 Å². The molecule has 0 saturated carbocycles. The normalized spacial score (nSPS) is 14.2. The van der Waals surface area contributed by atoms with Crippen molar-refractivity contribution in [3.63, 3.8) is 0 Å². The van der Waals surface area contributed by atoms with Crippen LogP contribution in [0.4, 0.5) is 21.6 Å². The third-order valence-electron chi connectivity index (χ3n) is 4.62. The lowest BCUT2D eigenvalue weighted by molar-refractivity contribution is 0.0742. The lowest BCUT2D eigenvalue weighted by atomic mass is 10.2. The van der Waals surface area contributed by atoms with Gasteiger partial charge in [0.1, 0.15) is 5.82 Å². The van der Waals surface area contributed by atoms with E-state index < -0.39 is 5.82 Å². The molecule has 2 aromatic carbocycles. The van der Waals surface area contributed by atoms with E-state index in [1.807, 2.05) is 24.3 Å². The average Bonchev–Trinajstić information content (AvgIpc) is 3.17. The van der Waals surface area contributed by atoms with E-state index in [1.165, 1.54) is 6.07 Å². The third kappa shape index (κ3) is 3.77. The van der Waals surface area contributed by atoms with Gasteiger partial charge in [0.05, 0.1) is 5.69 Å². The molecule has 1 aromatic heterocycles. The molecule has 1 fully saturated rings. The van der Waals surface area contributed by atoms with Crippen LogP contribution in [0.1, 0.15) is 10.5 Å². The van der Waals surface area contributed by atoms with Gasteiger partial charge in [-0.1, -0.05) is 29.8 Å². The van der Waals surface area contributed by atoms with E-state index in [0.29, 0.717) is 31.2 Å². The molecule has 7 nitrogen and oxygen atoms in total. The highest BCUT2D eigenvalue weighted by Crippen LogP contribution is 2.23. The summed E-state index contributed by atoms with van der Waals surface area (Å²) in [5.41, 5.74) is 1.40. The second-order valence-corrected chi connectivity index (χ2v) is 6.82. The molecular weight excluding hydrogens is 383 g/mol. The molecule has 1 amide bonds. The highest BCUT2D eigenvalue weighted by molar-refractivity contribution is 6.30. The fraction of sp³-hybridized carbons (Fsp3) is 0.211. The molecule has 0 atom stereocenters. The van der Waals surface area contributed by atoms with E-state index in [2.05, 4.69) is 25.6 Å². The van der Waals surface area contributed by atoms with Crippen molar-refractivity contribution in [3.8, 4) is 0 Å². The number of H-pyrrole nitrogens is 1. The molecule has 1 aliphatic rings. The molecule has 2 heterocycles. The van der Waals surface area contributed by atoms with E-state index in [1.54, 1.807) is 23.1 Å². The van der Waals surface area contributed by atoms with Gasteiger partial charge in [-0.3, -0.25) is 4.79 Å². The highest BCUT2D eigenvalue weighted by Gasteiger charge is 2.27. The van der Waals surface area contributed by atoms with Crippen LogP contribution >= 0.6 is 11.6 Å². The van der Waals surface area contributed by atoms with Crippen LogP contribution in [-0.2, 0) is 0 Å². The lowest BCUT2D eigenvalue weighted by Gasteiger charge is -2.35. The zero-order valence-electron chi connectivity index (χ0n) is 14.9. The molecule has 2 N–H and O–H groups in total. The summed E-state index contributed by atoms with van der Waals surface area (Å²) in [6, 6.07) is 13.8. The van der Waals surface area contributed by atoms with E-state index in [4.69, 9.17) is 11.6 Å². The number of anilines is 3. The molecule has 1 aliphatic heterocycles. The fourth-order valence-corrected chi connectivity index (χ4v) is 3.33. The maximum atomic E-state index is 13.9. The number of nitrogens with zero attached hydrogens (tertiary/aromatic N) is 4. The fourth-order valence-electron chi connectivity index (χ4n) is 3.15. The van der Waals surface area contributed by atoms with Gasteiger partial charge in [-0.25, -0.2) is 4.39 Å². The van der Waals surface area contributed by atoms with Crippen LogP contribution in [0.3, 0.4) is 0 Å². The van der Waals surface area contributed by atoms with Crippen molar-refractivity contribution in [1.29, 1.82) is 0 Å². The van der Waals surface area contributed by atoms with Crippen molar-refractivity contribution in [3.05, 3.63) is 65.1 Å². The van der Waals surface area contributed by atoms with Crippen molar-refractivity contribution in [2.24, 2.45) is 0 Å². The SMILES string of the molecule is O=C(c1n[nH]nc1Nc1ccccc1F)N1CCN(c2cccc(Cl)c2)CC1. The average molecular weight is 401 g/mol. The van der Waals surface area contributed by atoms with Crippen molar-refractivity contribution in [2.45, 2.75) is 0 Å². The minimum absolute atomic E-state index is 0.138. The number of para-hydroxylation sites is 1. The Kier molecular flexibility index (Phi) is 5.12. The number of piperazine rings is 1. The number of hydrogen-bond donors (Lipinski definition) is 2. The van der Waals surface area contributed by atoms with Crippen LogP contribution in [0.2, 0.25) is 5.02 Å². The van der Waals surface area contributed by atoms with Gasteiger partial charge in [-0.05, 0) is 30.3 Å². The topological polar surface area (TPSA) is 77.1 Å². The zero-order valence-corrected chi connectivity index (χ0v) is 15.7. The van der Waals surface area contributed by atoms with Gasteiger partial charge in [0.25, 0.3) is 5.91 Å². The van der Waals surface area contributed by atoms with Crippen LogP contribution in [0.25, 0.3) is 0 Å². The minimum atomic E-state index is -0.431. The Bertz CT molecular complexity index is 986. The van der Waals surface area contributed by atoms with E-state index >= 15 is 0 Å². The van der Waals surface area contributed by atoms with Crippen LogP contribution in [0, 0.1) is 5.82 Å². The molecule has 0 unspecified atom stereocenters. The molecule has 0 bridgehead atoms. The van der Waals surface area contributed by atoms with Gasteiger partial charge in [-0.15, -0.1) is 10.2 Å². The number of benzene rings is 2. The number of nitrogens with one attached hydrogen (secondary N) is 2. The van der Waals surface area contributed by atoms with E-state index in [-0.39, 0.29) is 23.1 Å². The zero-order chi connectivity index (χ0) is 19.5. The molecule has 28 heavy (non-hydrogen) atoms. The maximum Gasteiger partial charge on any atom is 0.278 e. The summed E-state index contributed by atoms with van der Waals surface area (Å²) >= 11 is 6.06. The van der Waals surface area contributed by atoms with Crippen molar-refractivity contribution >= 4 is 34.7 Å². The summed E-state index contributed by atoms with van der Waals surface area (Å²) in [7, 11) is 0. The van der Waals surface area contributed by atoms with Gasteiger partial charge in [0.2, 0.25) is 0 Å². The molecule has 1 saturated heterocycles. The minimum Gasteiger partial charge on any atom is -0.368 e. The largest absolute Gasteiger partial charge is 0.368 e. The molecule has 3 aromatic rings. The van der Waals surface area contributed by atoms with Gasteiger partial charge >= 0.3 is 0 Å². The smallest absolute Gasteiger partial charge is 0.278 e. The quantitative estimate of drug-likeness (QED) is 0.702. The second kappa shape index (κ2) is 7.85. The standard InChI is InChI=1S/C19H18ClFN6O/c20-13-4-3-5-14(12-13)26-8-10-27(11-9-26)19(28)17-18(24-25-23-17)22-16-7-2-1-6-15(16)21/h1-7,12H,8-11H2,(H2,22,23,24,25). The Balaban J connectivity index is 1.44. The van der Waals surface area contributed by atoms with E-state index in [9.17, 15) is 9.18 Å². The van der Waals surface area contributed by atoms with Crippen molar-refractivity contribution in [1.82, 2.24) is 20.3 Å². The summed E-state index contributed by atoms with van der Waals surface area (Å²) in [6.45, 7) is 2.44. The molecular formula is C19H18ClFN6O. The Hall–Kier alpha value is -3.13. The summed E-state index contributed by atoms with van der Waals surface area (Å²) < 4.78 is 13.9. The number of aromatic amines is 1. The number of halogens is 2. The first-order chi connectivity index (χ1) is 13.6. The van der Waals surface area contributed by atoms with Gasteiger partial charge < -0.3 is 15.1 Å². The van der Waals surface area contributed by atoms with Crippen molar-refractivity contribution < 1.29 is 9.18 Å². The third-order valence-corrected chi connectivity index (χ3v) is 4.85. The number of carbonyl (C=O) groups is 1.